The Hall–Kier alpha value is -0.280. The first-order chi connectivity index (χ1) is 7.10. The number of amides is 1. The molecule has 0 radical (unpaired) electrons. The van der Waals surface area contributed by atoms with Gasteiger partial charge in [-0.05, 0) is 39.2 Å². The minimum absolute atomic E-state index is 0. The largest absolute Gasteiger partial charge is 0.353 e. The second-order valence-corrected chi connectivity index (χ2v) is 5.46. The van der Waals surface area contributed by atoms with Gasteiger partial charge in [-0.15, -0.1) is 12.4 Å². The van der Waals surface area contributed by atoms with E-state index in [1.807, 2.05) is 0 Å². The van der Waals surface area contributed by atoms with Gasteiger partial charge in [0, 0.05) is 17.5 Å². The van der Waals surface area contributed by atoms with Crippen molar-refractivity contribution in [2.75, 3.05) is 6.54 Å². The maximum absolute atomic E-state index is 12.0. The first kappa shape index (κ1) is 13.8. The molecule has 1 saturated heterocycles. The molecule has 16 heavy (non-hydrogen) atoms. The van der Waals surface area contributed by atoms with E-state index in [4.69, 9.17) is 0 Å². The fourth-order valence-corrected chi connectivity index (χ4v) is 2.56. The van der Waals surface area contributed by atoms with Gasteiger partial charge < -0.3 is 10.6 Å². The summed E-state index contributed by atoms with van der Waals surface area (Å²) in [6, 6.07) is 0.935. The topological polar surface area (TPSA) is 41.1 Å². The fraction of sp³-hybridized carbons (Fsp3) is 0.917. The van der Waals surface area contributed by atoms with E-state index in [1.165, 1.54) is 6.42 Å². The molecule has 1 aliphatic heterocycles. The Morgan fingerprint density at radius 2 is 2.12 bits per heavy atom. The molecule has 1 amide bonds. The van der Waals surface area contributed by atoms with Crippen LogP contribution in [0, 0.1) is 5.41 Å². The summed E-state index contributed by atoms with van der Waals surface area (Å²) in [5.74, 6) is 0.285. The zero-order valence-electron chi connectivity index (χ0n) is 10.2. The molecular formula is C12H23ClN2O. The minimum Gasteiger partial charge on any atom is -0.353 e. The van der Waals surface area contributed by atoms with Crippen molar-refractivity contribution < 1.29 is 4.79 Å². The standard InChI is InChI=1S/C12H22N2O.ClH/c1-9-8-10(4-7-13-9)14-11(15)12(2)5-3-6-12;/h9-10,13H,3-8H2,1-2H3,(H,14,15);1H. The van der Waals surface area contributed by atoms with E-state index in [9.17, 15) is 4.79 Å². The van der Waals surface area contributed by atoms with Gasteiger partial charge in [0.15, 0.2) is 0 Å². The molecular weight excluding hydrogens is 224 g/mol. The lowest BCUT2D eigenvalue weighted by molar-refractivity contribution is -0.135. The fourth-order valence-electron chi connectivity index (χ4n) is 2.56. The monoisotopic (exact) mass is 246 g/mol. The van der Waals surface area contributed by atoms with Crippen molar-refractivity contribution in [1.29, 1.82) is 0 Å². The van der Waals surface area contributed by atoms with E-state index >= 15 is 0 Å². The summed E-state index contributed by atoms with van der Waals surface area (Å²) in [4.78, 5) is 12.0. The number of halogens is 1. The number of hydrogen-bond acceptors (Lipinski definition) is 2. The van der Waals surface area contributed by atoms with Crippen LogP contribution in [0.15, 0.2) is 0 Å². The van der Waals surface area contributed by atoms with Crippen LogP contribution < -0.4 is 10.6 Å². The smallest absolute Gasteiger partial charge is 0.226 e. The summed E-state index contributed by atoms with van der Waals surface area (Å²) in [7, 11) is 0. The number of carbonyl (C=O) groups excluding carboxylic acids is 1. The maximum atomic E-state index is 12.0. The number of hydrogen-bond donors (Lipinski definition) is 2. The molecule has 2 unspecified atom stereocenters. The average Bonchev–Trinajstić information content (AvgIpc) is 2.14. The molecule has 0 aromatic rings. The van der Waals surface area contributed by atoms with Crippen LogP contribution in [0.4, 0.5) is 0 Å². The quantitative estimate of drug-likeness (QED) is 0.781. The summed E-state index contributed by atoms with van der Waals surface area (Å²) in [6.07, 6.45) is 5.50. The van der Waals surface area contributed by atoms with Crippen LogP contribution in [-0.4, -0.2) is 24.5 Å². The predicted molar refractivity (Wildman–Crippen MR) is 67.8 cm³/mol. The van der Waals surface area contributed by atoms with Crippen LogP contribution in [0.3, 0.4) is 0 Å². The van der Waals surface area contributed by atoms with Gasteiger partial charge in [-0.2, -0.15) is 0 Å². The summed E-state index contributed by atoms with van der Waals surface area (Å²) in [6.45, 7) is 5.31. The molecule has 0 bridgehead atoms. The van der Waals surface area contributed by atoms with E-state index < -0.39 is 0 Å². The third kappa shape index (κ3) is 2.89. The van der Waals surface area contributed by atoms with E-state index in [-0.39, 0.29) is 23.7 Å². The number of nitrogens with one attached hydrogen (secondary N) is 2. The van der Waals surface area contributed by atoms with Gasteiger partial charge in [-0.3, -0.25) is 4.79 Å². The van der Waals surface area contributed by atoms with E-state index in [1.54, 1.807) is 0 Å². The molecule has 1 aliphatic carbocycles. The zero-order chi connectivity index (χ0) is 10.9. The Bertz CT molecular complexity index is 253. The molecule has 2 rings (SSSR count). The van der Waals surface area contributed by atoms with Gasteiger partial charge in [-0.1, -0.05) is 13.3 Å². The molecule has 0 spiro atoms. The Labute approximate surface area is 104 Å². The zero-order valence-corrected chi connectivity index (χ0v) is 11.0. The summed E-state index contributed by atoms with van der Waals surface area (Å²) >= 11 is 0. The highest BCUT2D eigenvalue weighted by Gasteiger charge is 2.40. The van der Waals surface area contributed by atoms with Gasteiger partial charge in [-0.25, -0.2) is 0 Å². The van der Waals surface area contributed by atoms with Gasteiger partial charge in [0.05, 0.1) is 0 Å². The summed E-state index contributed by atoms with van der Waals surface area (Å²) in [5.41, 5.74) is -0.0475. The van der Waals surface area contributed by atoms with Crippen LogP contribution in [-0.2, 0) is 4.79 Å². The third-order valence-electron chi connectivity index (χ3n) is 3.96. The van der Waals surface area contributed by atoms with Crippen LogP contribution in [0.5, 0.6) is 0 Å². The Morgan fingerprint density at radius 3 is 2.62 bits per heavy atom. The first-order valence-electron chi connectivity index (χ1n) is 6.14. The van der Waals surface area contributed by atoms with Crippen molar-refractivity contribution in [2.45, 2.75) is 58.0 Å². The number of piperidine rings is 1. The van der Waals surface area contributed by atoms with Crippen LogP contribution >= 0.6 is 12.4 Å². The molecule has 0 aromatic carbocycles. The Kier molecular flexibility index (Phi) is 4.62. The Morgan fingerprint density at radius 1 is 1.44 bits per heavy atom. The molecule has 94 valence electrons. The summed E-state index contributed by atoms with van der Waals surface area (Å²) in [5, 5.41) is 6.61. The maximum Gasteiger partial charge on any atom is 0.226 e. The second-order valence-electron chi connectivity index (χ2n) is 5.46. The van der Waals surface area contributed by atoms with Gasteiger partial charge >= 0.3 is 0 Å². The van der Waals surface area contributed by atoms with E-state index in [0.29, 0.717) is 12.1 Å². The van der Waals surface area contributed by atoms with Crippen LogP contribution in [0.1, 0.15) is 46.0 Å². The number of rotatable bonds is 2. The molecule has 2 N–H and O–H groups in total. The molecule has 3 nitrogen and oxygen atoms in total. The third-order valence-corrected chi connectivity index (χ3v) is 3.96. The van der Waals surface area contributed by atoms with Crippen molar-refractivity contribution in [3.8, 4) is 0 Å². The van der Waals surface area contributed by atoms with Gasteiger partial charge in [0.2, 0.25) is 5.91 Å². The molecule has 2 aliphatic rings. The SMILES string of the molecule is CC1CC(NC(=O)C2(C)CCC2)CCN1.Cl. The highest BCUT2D eigenvalue weighted by atomic mass is 35.5. The van der Waals surface area contributed by atoms with Crippen molar-refractivity contribution in [3.63, 3.8) is 0 Å². The molecule has 1 heterocycles. The van der Waals surface area contributed by atoms with Crippen molar-refractivity contribution in [3.05, 3.63) is 0 Å². The first-order valence-corrected chi connectivity index (χ1v) is 6.14. The Balaban J connectivity index is 0.00000128. The minimum atomic E-state index is -0.0475. The molecule has 1 saturated carbocycles. The normalized spacial score (nSPS) is 32.1. The highest BCUT2D eigenvalue weighted by molar-refractivity contribution is 5.85. The molecule has 2 fully saturated rings. The average molecular weight is 247 g/mol. The van der Waals surface area contributed by atoms with Gasteiger partial charge in [0.25, 0.3) is 0 Å². The van der Waals surface area contributed by atoms with Crippen molar-refractivity contribution >= 4 is 18.3 Å². The number of carbonyl (C=O) groups is 1. The van der Waals surface area contributed by atoms with Crippen LogP contribution in [0.2, 0.25) is 0 Å². The lowest BCUT2D eigenvalue weighted by Gasteiger charge is -2.39. The van der Waals surface area contributed by atoms with E-state index in [2.05, 4.69) is 24.5 Å². The second kappa shape index (κ2) is 5.37. The highest BCUT2D eigenvalue weighted by Crippen LogP contribution is 2.40. The summed E-state index contributed by atoms with van der Waals surface area (Å²) < 4.78 is 0. The molecule has 0 aromatic heterocycles. The van der Waals surface area contributed by atoms with Crippen LogP contribution in [0.25, 0.3) is 0 Å². The molecule has 2 atom stereocenters. The molecule has 4 heteroatoms. The predicted octanol–water partition coefficient (Wildman–Crippen LogP) is 1.86. The van der Waals surface area contributed by atoms with Gasteiger partial charge in [0.1, 0.15) is 0 Å². The van der Waals surface area contributed by atoms with E-state index in [0.717, 1.165) is 32.2 Å². The lowest BCUT2D eigenvalue weighted by Crippen LogP contribution is -2.51. The lowest BCUT2D eigenvalue weighted by atomic mass is 9.69. The van der Waals surface area contributed by atoms with Crippen molar-refractivity contribution in [2.24, 2.45) is 5.41 Å². The van der Waals surface area contributed by atoms with Crippen molar-refractivity contribution in [1.82, 2.24) is 10.6 Å².